The lowest BCUT2D eigenvalue weighted by atomic mass is 9.98. The summed E-state index contributed by atoms with van der Waals surface area (Å²) in [4.78, 5) is 17.8. The van der Waals surface area contributed by atoms with Crippen LogP contribution in [0, 0.1) is 0 Å². The average Bonchev–Trinajstić information content (AvgIpc) is 3.19. The van der Waals surface area contributed by atoms with Crippen molar-refractivity contribution in [2.45, 2.75) is 13.1 Å². The second-order valence-corrected chi connectivity index (χ2v) is 6.85. The zero-order chi connectivity index (χ0) is 18.4. The van der Waals surface area contributed by atoms with Gasteiger partial charge >= 0.3 is 0 Å². The number of ether oxygens (including phenoxy) is 1. The fraction of sp³-hybridized carbons (Fsp3) is 0.250. The van der Waals surface area contributed by atoms with Gasteiger partial charge in [0.15, 0.2) is 11.5 Å². The molecule has 0 saturated carbocycles. The van der Waals surface area contributed by atoms with E-state index in [4.69, 9.17) is 4.74 Å². The lowest BCUT2D eigenvalue weighted by Crippen LogP contribution is -2.13. The van der Waals surface area contributed by atoms with Gasteiger partial charge in [0, 0.05) is 40.8 Å². The molecule has 7 heteroatoms. The Balaban J connectivity index is 0.00000210. The van der Waals surface area contributed by atoms with E-state index < -0.39 is 0 Å². The molecule has 0 fully saturated rings. The highest BCUT2D eigenvalue weighted by Crippen LogP contribution is 2.41. The molecule has 1 amide bonds. The first kappa shape index (κ1) is 19.1. The van der Waals surface area contributed by atoms with E-state index in [1.54, 1.807) is 6.07 Å². The van der Waals surface area contributed by atoms with Crippen molar-refractivity contribution in [3.63, 3.8) is 0 Å². The number of nitrogens with zero attached hydrogens (tertiary/aromatic N) is 1. The summed E-state index contributed by atoms with van der Waals surface area (Å²) < 4.78 is 5.30. The van der Waals surface area contributed by atoms with Gasteiger partial charge in [-0.1, -0.05) is 6.07 Å². The van der Waals surface area contributed by atoms with Crippen molar-refractivity contribution in [3.05, 3.63) is 47.0 Å². The summed E-state index contributed by atoms with van der Waals surface area (Å²) in [5, 5.41) is 14.2. The van der Waals surface area contributed by atoms with Crippen LogP contribution in [0.1, 0.15) is 21.5 Å². The van der Waals surface area contributed by atoms with E-state index in [0.29, 0.717) is 23.4 Å². The van der Waals surface area contributed by atoms with E-state index in [2.05, 4.69) is 33.4 Å². The molecule has 2 aromatic carbocycles. The van der Waals surface area contributed by atoms with Crippen LogP contribution >= 0.6 is 12.4 Å². The molecule has 27 heavy (non-hydrogen) atoms. The van der Waals surface area contributed by atoms with Crippen LogP contribution < -0.4 is 10.1 Å². The van der Waals surface area contributed by atoms with Gasteiger partial charge in [0.2, 0.25) is 0 Å². The number of hydrogen-bond donors (Lipinski definition) is 3. The minimum absolute atomic E-state index is 0. The zero-order valence-electron chi connectivity index (χ0n) is 15.4. The Labute approximate surface area is 163 Å². The standard InChI is InChI=1S/C20H21N3O3.ClH/c1-23(2)10-11-4-5-15-12(6-11)7-16(22-15)13-8-17(26-3)19(24)14-9-21-20(25)18(13)14;/h4-8,22,24H,9-10H2,1-3H3,(H,21,25);1H. The normalized spacial score (nSPS) is 12.8. The molecule has 142 valence electrons. The van der Waals surface area contributed by atoms with Gasteiger partial charge in [-0.15, -0.1) is 12.4 Å². The molecule has 3 N–H and O–H groups in total. The summed E-state index contributed by atoms with van der Waals surface area (Å²) in [6, 6.07) is 10.0. The minimum Gasteiger partial charge on any atom is -0.504 e. The van der Waals surface area contributed by atoms with E-state index >= 15 is 0 Å². The first-order chi connectivity index (χ1) is 12.5. The molecule has 3 aromatic rings. The van der Waals surface area contributed by atoms with Gasteiger partial charge in [-0.2, -0.15) is 0 Å². The molecule has 2 heterocycles. The van der Waals surface area contributed by atoms with Crippen LogP contribution in [0.5, 0.6) is 11.5 Å². The second kappa shape index (κ2) is 7.13. The number of rotatable bonds is 4. The first-order valence-corrected chi connectivity index (χ1v) is 8.45. The Morgan fingerprint density at radius 1 is 1.22 bits per heavy atom. The number of methoxy groups -OCH3 is 1. The van der Waals surface area contributed by atoms with Crippen LogP contribution in [0.4, 0.5) is 0 Å². The number of hydrogen-bond acceptors (Lipinski definition) is 4. The highest BCUT2D eigenvalue weighted by molar-refractivity contribution is 6.06. The number of nitrogens with one attached hydrogen (secondary N) is 2. The van der Waals surface area contributed by atoms with E-state index in [1.807, 2.05) is 20.2 Å². The van der Waals surface area contributed by atoms with Crippen molar-refractivity contribution in [2.75, 3.05) is 21.2 Å². The summed E-state index contributed by atoms with van der Waals surface area (Å²) in [6.45, 7) is 1.17. The Bertz CT molecular complexity index is 1030. The molecule has 1 aliphatic heterocycles. The van der Waals surface area contributed by atoms with Crippen LogP contribution in [0.3, 0.4) is 0 Å². The summed E-state index contributed by atoms with van der Waals surface area (Å²) in [5.41, 5.74) is 4.87. The largest absolute Gasteiger partial charge is 0.504 e. The predicted octanol–water partition coefficient (Wildman–Crippen LogP) is 3.28. The fourth-order valence-corrected chi connectivity index (χ4v) is 3.55. The molecular formula is C20H22ClN3O3. The lowest BCUT2D eigenvalue weighted by Gasteiger charge is -2.11. The molecule has 1 aliphatic rings. The third-order valence-electron chi connectivity index (χ3n) is 4.71. The first-order valence-electron chi connectivity index (χ1n) is 8.45. The SMILES string of the molecule is COc1cc(-c2cc3cc(CN(C)C)ccc3[nH]2)c2c(c1O)CNC2=O.Cl. The molecule has 6 nitrogen and oxygen atoms in total. The van der Waals surface area contributed by atoms with Gasteiger partial charge in [0.25, 0.3) is 5.91 Å². The maximum absolute atomic E-state index is 12.3. The van der Waals surface area contributed by atoms with Crippen molar-refractivity contribution < 1.29 is 14.6 Å². The third kappa shape index (κ3) is 3.22. The lowest BCUT2D eigenvalue weighted by molar-refractivity contribution is 0.0966. The summed E-state index contributed by atoms with van der Waals surface area (Å²) in [7, 11) is 5.59. The number of fused-ring (bicyclic) bond motifs is 2. The van der Waals surface area contributed by atoms with Gasteiger partial charge < -0.3 is 25.0 Å². The van der Waals surface area contributed by atoms with Crippen LogP contribution in [0.2, 0.25) is 0 Å². The summed E-state index contributed by atoms with van der Waals surface area (Å²) in [5.74, 6) is 0.205. The van der Waals surface area contributed by atoms with E-state index in [1.165, 1.54) is 12.7 Å². The molecule has 4 rings (SSSR count). The Hall–Kier alpha value is -2.70. The van der Waals surface area contributed by atoms with E-state index in [-0.39, 0.29) is 24.1 Å². The maximum atomic E-state index is 12.3. The van der Waals surface area contributed by atoms with Crippen molar-refractivity contribution in [1.82, 2.24) is 15.2 Å². The number of H-pyrrole nitrogens is 1. The number of benzene rings is 2. The van der Waals surface area contributed by atoms with Gasteiger partial charge in [-0.25, -0.2) is 0 Å². The summed E-state index contributed by atoms with van der Waals surface area (Å²) in [6.07, 6.45) is 0. The number of amides is 1. The van der Waals surface area contributed by atoms with Crippen LogP contribution in [0.15, 0.2) is 30.3 Å². The monoisotopic (exact) mass is 387 g/mol. The fourth-order valence-electron chi connectivity index (χ4n) is 3.55. The van der Waals surface area contributed by atoms with E-state index in [0.717, 1.165) is 28.7 Å². The molecule has 0 atom stereocenters. The number of phenolic OH excluding ortho intramolecular Hbond substituents is 1. The molecule has 0 spiro atoms. The molecule has 0 radical (unpaired) electrons. The van der Waals surface area contributed by atoms with E-state index in [9.17, 15) is 9.90 Å². The van der Waals surface area contributed by atoms with Crippen molar-refractivity contribution >= 4 is 29.2 Å². The molecule has 0 unspecified atom stereocenters. The molecular weight excluding hydrogens is 366 g/mol. The molecule has 0 aliphatic carbocycles. The molecule has 0 bridgehead atoms. The zero-order valence-corrected chi connectivity index (χ0v) is 16.2. The second-order valence-electron chi connectivity index (χ2n) is 6.85. The van der Waals surface area contributed by atoms with Crippen molar-refractivity contribution in [3.8, 4) is 22.8 Å². The highest BCUT2D eigenvalue weighted by Gasteiger charge is 2.29. The average molecular weight is 388 g/mol. The third-order valence-corrected chi connectivity index (χ3v) is 4.71. The Morgan fingerprint density at radius 2 is 2.00 bits per heavy atom. The van der Waals surface area contributed by atoms with Crippen LogP contribution in [-0.4, -0.2) is 42.1 Å². The Kier molecular flexibility index (Phi) is 5.04. The molecule has 0 saturated heterocycles. The maximum Gasteiger partial charge on any atom is 0.252 e. The van der Waals surface area contributed by atoms with Crippen molar-refractivity contribution in [2.24, 2.45) is 0 Å². The van der Waals surface area contributed by atoms with Gasteiger partial charge in [0.05, 0.1) is 12.7 Å². The smallest absolute Gasteiger partial charge is 0.252 e. The van der Waals surface area contributed by atoms with Gasteiger partial charge in [0.1, 0.15) is 0 Å². The number of aromatic hydroxyl groups is 1. The molecule has 1 aromatic heterocycles. The van der Waals surface area contributed by atoms with Crippen LogP contribution in [-0.2, 0) is 13.1 Å². The van der Waals surface area contributed by atoms with Crippen molar-refractivity contribution in [1.29, 1.82) is 0 Å². The number of halogens is 1. The number of phenols is 1. The topological polar surface area (TPSA) is 77.6 Å². The number of carbonyl (C=O) groups is 1. The number of aromatic nitrogens is 1. The quantitative estimate of drug-likeness (QED) is 0.642. The minimum atomic E-state index is -0.181. The van der Waals surface area contributed by atoms with Crippen LogP contribution in [0.25, 0.3) is 22.2 Å². The van der Waals surface area contributed by atoms with Gasteiger partial charge in [-0.05, 0) is 43.9 Å². The highest BCUT2D eigenvalue weighted by atomic mass is 35.5. The summed E-state index contributed by atoms with van der Waals surface area (Å²) >= 11 is 0. The predicted molar refractivity (Wildman–Crippen MR) is 108 cm³/mol. The number of carbonyl (C=O) groups excluding carboxylic acids is 1. The van der Waals surface area contributed by atoms with Gasteiger partial charge in [-0.3, -0.25) is 4.79 Å². The number of aromatic amines is 1. The Morgan fingerprint density at radius 3 is 2.70 bits per heavy atom.